The minimum absolute atomic E-state index is 0.0208. The van der Waals surface area contributed by atoms with Gasteiger partial charge in [-0.15, -0.1) is 0 Å². The van der Waals surface area contributed by atoms with Crippen LogP contribution in [0.25, 0.3) is 0 Å². The number of anilines is 1. The highest BCUT2D eigenvalue weighted by atomic mass is 16.2. The SMILES string of the molecule is CCCC1C(=O)N(/N=C/C(C)C)C(/C=N\c2ccc(N(CC)CC)cc2C)=NC1C(C)C. The number of amidine groups is 1. The summed E-state index contributed by atoms with van der Waals surface area (Å²) in [6.07, 6.45) is 5.25. The van der Waals surface area contributed by atoms with Crippen molar-refractivity contribution in [3.8, 4) is 0 Å². The fourth-order valence-corrected chi connectivity index (χ4v) is 4.03. The molecular formula is C26H41N5O. The predicted molar refractivity (Wildman–Crippen MR) is 138 cm³/mol. The molecule has 1 heterocycles. The molecule has 1 aromatic rings. The van der Waals surface area contributed by atoms with Crippen LogP contribution in [-0.4, -0.2) is 48.3 Å². The maximum absolute atomic E-state index is 13.4. The largest absolute Gasteiger partial charge is 0.372 e. The van der Waals surface area contributed by atoms with Gasteiger partial charge in [0.1, 0.15) is 0 Å². The molecule has 2 atom stereocenters. The van der Waals surface area contributed by atoms with Crippen molar-refractivity contribution in [2.24, 2.45) is 32.8 Å². The number of hydrogen-bond acceptors (Lipinski definition) is 5. The van der Waals surface area contributed by atoms with Gasteiger partial charge in [-0.3, -0.25) is 14.8 Å². The average Bonchev–Trinajstić information content (AvgIpc) is 2.74. The summed E-state index contributed by atoms with van der Waals surface area (Å²) in [6.45, 7) is 18.8. The Hall–Kier alpha value is -2.50. The number of carbonyl (C=O) groups is 1. The molecule has 0 aliphatic carbocycles. The van der Waals surface area contributed by atoms with Crippen LogP contribution < -0.4 is 4.90 Å². The molecule has 0 fully saturated rings. The molecule has 176 valence electrons. The lowest BCUT2D eigenvalue weighted by Gasteiger charge is -2.34. The Balaban J connectivity index is 2.43. The molecule has 0 N–H and O–H groups in total. The van der Waals surface area contributed by atoms with Crippen LogP contribution in [-0.2, 0) is 4.79 Å². The third kappa shape index (κ3) is 6.27. The second-order valence-electron chi connectivity index (χ2n) is 9.18. The second kappa shape index (κ2) is 11.9. The highest BCUT2D eigenvalue weighted by molar-refractivity contribution is 6.33. The first-order valence-corrected chi connectivity index (χ1v) is 12.1. The summed E-state index contributed by atoms with van der Waals surface area (Å²) in [6, 6.07) is 6.24. The topological polar surface area (TPSA) is 60.6 Å². The predicted octanol–water partition coefficient (Wildman–Crippen LogP) is 5.87. The number of amides is 1. The lowest BCUT2D eigenvalue weighted by Crippen LogP contribution is -2.48. The van der Waals surface area contributed by atoms with E-state index in [4.69, 9.17) is 9.98 Å². The summed E-state index contributed by atoms with van der Waals surface area (Å²) in [7, 11) is 0. The van der Waals surface area contributed by atoms with E-state index in [0.717, 1.165) is 37.2 Å². The Morgan fingerprint density at radius 3 is 2.38 bits per heavy atom. The summed E-state index contributed by atoms with van der Waals surface area (Å²) in [5.41, 5.74) is 3.16. The zero-order valence-electron chi connectivity index (χ0n) is 21.2. The smallest absolute Gasteiger partial charge is 0.254 e. The van der Waals surface area contributed by atoms with Crippen molar-refractivity contribution in [3.05, 3.63) is 23.8 Å². The number of hydrazone groups is 1. The summed E-state index contributed by atoms with van der Waals surface area (Å²) in [5, 5.41) is 5.96. The quantitative estimate of drug-likeness (QED) is 0.428. The summed E-state index contributed by atoms with van der Waals surface area (Å²) in [5.74, 6) is 0.905. The third-order valence-electron chi connectivity index (χ3n) is 5.83. The van der Waals surface area contributed by atoms with E-state index in [1.807, 2.05) is 19.9 Å². The van der Waals surface area contributed by atoms with E-state index < -0.39 is 0 Å². The van der Waals surface area contributed by atoms with Crippen molar-refractivity contribution in [1.82, 2.24) is 5.01 Å². The van der Waals surface area contributed by atoms with E-state index >= 15 is 0 Å². The summed E-state index contributed by atoms with van der Waals surface area (Å²) in [4.78, 5) is 25.4. The Labute approximate surface area is 194 Å². The zero-order chi connectivity index (χ0) is 23.8. The number of rotatable bonds is 10. The van der Waals surface area contributed by atoms with E-state index in [-0.39, 0.29) is 29.7 Å². The maximum atomic E-state index is 13.4. The lowest BCUT2D eigenvalue weighted by molar-refractivity contribution is -0.133. The monoisotopic (exact) mass is 439 g/mol. The van der Waals surface area contributed by atoms with E-state index in [9.17, 15) is 4.79 Å². The number of aliphatic imine (C=N–C) groups is 2. The highest BCUT2D eigenvalue weighted by Crippen LogP contribution is 2.29. The van der Waals surface area contributed by atoms with Gasteiger partial charge >= 0.3 is 0 Å². The van der Waals surface area contributed by atoms with Gasteiger partial charge in [-0.2, -0.15) is 10.1 Å². The van der Waals surface area contributed by atoms with E-state index in [1.165, 1.54) is 10.7 Å². The first kappa shape index (κ1) is 25.8. The normalized spacial score (nSPS) is 19.6. The van der Waals surface area contributed by atoms with Crippen molar-refractivity contribution in [2.75, 3.05) is 18.0 Å². The molecule has 1 aliphatic rings. The Morgan fingerprint density at radius 2 is 1.84 bits per heavy atom. The Kier molecular flexibility index (Phi) is 9.60. The average molecular weight is 440 g/mol. The highest BCUT2D eigenvalue weighted by Gasteiger charge is 2.39. The summed E-state index contributed by atoms with van der Waals surface area (Å²) >= 11 is 0. The van der Waals surface area contributed by atoms with Crippen LogP contribution in [0, 0.1) is 24.7 Å². The van der Waals surface area contributed by atoms with E-state index in [0.29, 0.717) is 5.84 Å². The molecule has 2 unspecified atom stereocenters. The van der Waals surface area contributed by atoms with E-state index in [2.05, 4.69) is 63.7 Å². The Morgan fingerprint density at radius 1 is 1.16 bits per heavy atom. The van der Waals surface area contributed by atoms with Gasteiger partial charge in [-0.25, -0.2) is 0 Å². The molecule has 0 aromatic heterocycles. The van der Waals surface area contributed by atoms with Gasteiger partial charge in [0, 0.05) is 25.0 Å². The molecule has 0 saturated heterocycles. The van der Waals surface area contributed by atoms with Gasteiger partial charge in [0.2, 0.25) is 0 Å². The third-order valence-corrected chi connectivity index (χ3v) is 5.83. The molecule has 1 aliphatic heterocycles. The molecule has 0 bridgehead atoms. The van der Waals surface area contributed by atoms with Crippen LogP contribution >= 0.6 is 0 Å². The van der Waals surface area contributed by atoms with Crippen molar-refractivity contribution in [3.63, 3.8) is 0 Å². The number of carbonyl (C=O) groups excluding carboxylic acids is 1. The standard InChI is InChI=1S/C26H41N5O/c1-9-12-22-25(19(6)7)29-24(31(26(22)32)28-16-18(4)5)17-27-23-14-13-21(15-20(23)8)30(10-2)11-3/h13-19,22,25H,9-12H2,1-8H3/b27-17-,28-16+. The first-order chi connectivity index (χ1) is 15.2. The Bertz CT molecular complexity index is 852. The van der Waals surface area contributed by atoms with Gasteiger partial charge in [0.05, 0.1) is 23.9 Å². The van der Waals surface area contributed by atoms with Gasteiger partial charge in [-0.1, -0.05) is 41.0 Å². The van der Waals surface area contributed by atoms with E-state index in [1.54, 1.807) is 12.4 Å². The van der Waals surface area contributed by atoms with Crippen LogP contribution in [0.15, 0.2) is 33.3 Å². The molecule has 1 amide bonds. The number of benzene rings is 1. The van der Waals surface area contributed by atoms with Crippen LogP contribution in [0.5, 0.6) is 0 Å². The summed E-state index contributed by atoms with van der Waals surface area (Å²) < 4.78 is 0. The molecular weight excluding hydrogens is 398 g/mol. The molecule has 2 rings (SSSR count). The van der Waals surface area contributed by atoms with Gasteiger partial charge in [0.25, 0.3) is 5.91 Å². The molecule has 0 spiro atoms. The molecule has 0 saturated carbocycles. The van der Waals surface area contributed by atoms with Crippen molar-refractivity contribution in [1.29, 1.82) is 0 Å². The molecule has 6 heteroatoms. The fourth-order valence-electron chi connectivity index (χ4n) is 4.03. The lowest BCUT2D eigenvalue weighted by atomic mass is 9.85. The van der Waals surface area contributed by atoms with Crippen molar-refractivity contribution in [2.45, 2.75) is 74.3 Å². The second-order valence-corrected chi connectivity index (χ2v) is 9.18. The van der Waals surface area contributed by atoms with Crippen LogP contribution in [0.2, 0.25) is 0 Å². The fraction of sp³-hybridized carbons (Fsp3) is 0.615. The zero-order valence-corrected chi connectivity index (χ0v) is 21.2. The minimum Gasteiger partial charge on any atom is -0.372 e. The molecule has 0 radical (unpaired) electrons. The van der Waals surface area contributed by atoms with Crippen molar-refractivity contribution >= 4 is 35.5 Å². The number of aryl methyl sites for hydroxylation is 1. The molecule has 32 heavy (non-hydrogen) atoms. The van der Waals surface area contributed by atoms with Crippen LogP contribution in [0.3, 0.4) is 0 Å². The van der Waals surface area contributed by atoms with Gasteiger partial charge < -0.3 is 4.90 Å². The minimum atomic E-state index is -0.142. The van der Waals surface area contributed by atoms with Crippen molar-refractivity contribution < 1.29 is 4.79 Å². The van der Waals surface area contributed by atoms with Crippen LogP contribution in [0.1, 0.15) is 66.9 Å². The number of nitrogens with zero attached hydrogens (tertiary/aromatic N) is 5. The first-order valence-electron chi connectivity index (χ1n) is 12.1. The molecule has 6 nitrogen and oxygen atoms in total. The number of hydrogen-bond donors (Lipinski definition) is 0. The molecule has 1 aromatic carbocycles. The maximum Gasteiger partial charge on any atom is 0.254 e. The van der Waals surface area contributed by atoms with Crippen LogP contribution in [0.4, 0.5) is 11.4 Å². The van der Waals surface area contributed by atoms with Gasteiger partial charge in [-0.05, 0) is 62.8 Å². The van der Waals surface area contributed by atoms with Gasteiger partial charge in [0.15, 0.2) is 5.84 Å².